The van der Waals surface area contributed by atoms with Crippen molar-refractivity contribution in [1.82, 2.24) is 30.3 Å². The topological polar surface area (TPSA) is 260 Å². The molecule has 5 rings (SSSR count). The van der Waals surface area contributed by atoms with Crippen molar-refractivity contribution >= 4 is 11.9 Å². The molecule has 20 heteroatoms. The fraction of sp³-hybridized carbons (Fsp3) is 0.808. The molecule has 18 atom stereocenters. The molecule has 20 nitrogen and oxygen atoms in total. The highest BCUT2D eigenvalue weighted by molar-refractivity contribution is 5.74. The van der Waals surface area contributed by atoms with Gasteiger partial charge in [0, 0.05) is 63.2 Å². The van der Waals surface area contributed by atoms with Crippen LogP contribution < -0.4 is 5.48 Å². The number of unbranched alkanes of at least 4 members (excludes halogenated alkanes) is 2. The highest BCUT2D eigenvalue weighted by atomic mass is 16.7. The number of amides is 1. The van der Waals surface area contributed by atoms with E-state index < -0.39 is 108 Å². The zero-order valence-corrected chi connectivity index (χ0v) is 45.0. The van der Waals surface area contributed by atoms with Crippen molar-refractivity contribution in [1.29, 1.82) is 0 Å². The Hall–Kier alpha value is -3.22. The third-order valence-electron chi connectivity index (χ3n) is 15.7. The molecule has 72 heavy (non-hydrogen) atoms. The monoisotopic (exact) mass is 1020 g/mol. The molecule has 1 aromatic carbocycles. The number of ether oxygens (including phenoxy) is 6. The van der Waals surface area contributed by atoms with Crippen LogP contribution in [0.3, 0.4) is 0 Å². The van der Waals surface area contributed by atoms with Gasteiger partial charge in [0.2, 0.25) is 5.91 Å². The number of aliphatic hydroxyl groups excluding tert-OH is 3. The highest BCUT2D eigenvalue weighted by Crippen LogP contribution is 2.40. The zero-order chi connectivity index (χ0) is 53.5. The van der Waals surface area contributed by atoms with E-state index in [4.69, 9.17) is 33.6 Å². The standard InChI is InChI=1S/C52H88N6O14/c1-14-40-52(10,65)45(61)34(6)56(11)27-30(2)25-50(8,64)47(32(4)44(33(5)48(63)70-40)71-42-26-51(9,67-13)46(62)35(7)69-42)72-49-43(60)39(24-31(3)68-49)57(12)28-36-19-21-37(22-20-36)38-29-58(55-53-38)23-17-15-16-18-41(59)54-66/h19-22,29-35,39-40,42-47,49,60-62,64-66H,14-18,23-28H2,1-13H3,(H,54,59)/t30-,31-,32-,33-,34-,35-,39+,40+,42-,43-,44+,45-,46-,47-,49+,50-,51+,52-/m0/s1. The number of methoxy groups -OCH3 is 1. The molecule has 3 fully saturated rings. The maximum absolute atomic E-state index is 14.5. The summed E-state index contributed by atoms with van der Waals surface area (Å²) in [6.07, 6.45) is -4.71. The predicted molar refractivity (Wildman–Crippen MR) is 266 cm³/mol. The van der Waals surface area contributed by atoms with Gasteiger partial charge in [-0.1, -0.05) is 56.7 Å². The van der Waals surface area contributed by atoms with E-state index in [1.54, 1.807) is 51.7 Å². The van der Waals surface area contributed by atoms with Gasteiger partial charge in [0.1, 0.15) is 35.7 Å². The molecule has 0 saturated carbocycles. The minimum Gasteiger partial charge on any atom is -0.459 e. The molecule has 1 amide bonds. The molecule has 1 aromatic heterocycles. The number of benzene rings is 1. The second-order valence-electron chi connectivity index (χ2n) is 22.0. The Morgan fingerprint density at radius 2 is 1.64 bits per heavy atom. The first-order valence-electron chi connectivity index (χ1n) is 26.0. The lowest BCUT2D eigenvalue weighted by atomic mass is 9.77. The molecular formula is C52H88N6O14. The van der Waals surface area contributed by atoms with Gasteiger partial charge in [-0.15, -0.1) is 5.10 Å². The van der Waals surface area contributed by atoms with Crippen LogP contribution in [-0.2, 0) is 51.1 Å². The van der Waals surface area contributed by atoms with E-state index in [1.165, 1.54) is 14.0 Å². The molecule has 7 N–H and O–H groups in total. The van der Waals surface area contributed by atoms with E-state index in [2.05, 4.69) is 15.2 Å². The number of hydrogen-bond donors (Lipinski definition) is 7. The molecule has 0 bridgehead atoms. The van der Waals surface area contributed by atoms with Crippen molar-refractivity contribution in [2.75, 3.05) is 27.7 Å². The number of nitrogens with zero attached hydrogens (tertiary/aromatic N) is 5. The number of carbonyl (C=O) groups excluding carboxylic acids is 2. The normalized spacial score (nSPS) is 39.0. The van der Waals surface area contributed by atoms with E-state index in [9.17, 15) is 35.1 Å². The quantitative estimate of drug-likeness (QED) is 0.0546. The number of nitrogens with one attached hydrogen (secondary N) is 1. The van der Waals surface area contributed by atoms with E-state index in [0.29, 0.717) is 32.5 Å². The van der Waals surface area contributed by atoms with Crippen LogP contribution in [0.5, 0.6) is 0 Å². The third kappa shape index (κ3) is 14.6. The molecular weight excluding hydrogens is 933 g/mol. The number of cyclic esters (lactones) is 1. The summed E-state index contributed by atoms with van der Waals surface area (Å²) in [7, 11) is 5.27. The molecule has 0 aliphatic carbocycles. The number of likely N-dealkylation sites (N-methyl/N-ethyl adjacent to an activating group) is 2. The lowest BCUT2D eigenvalue weighted by molar-refractivity contribution is -0.318. The summed E-state index contributed by atoms with van der Waals surface area (Å²) >= 11 is 0. The number of esters is 1. The van der Waals surface area contributed by atoms with Crippen molar-refractivity contribution in [2.45, 2.75) is 224 Å². The van der Waals surface area contributed by atoms with Gasteiger partial charge in [-0.05, 0) is 106 Å². The maximum atomic E-state index is 14.5. The first-order valence-corrected chi connectivity index (χ1v) is 26.0. The summed E-state index contributed by atoms with van der Waals surface area (Å²) in [5.74, 6) is -3.20. The lowest BCUT2D eigenvalue weighted by Crippen LogP contribution is -2.60. The van der Waals surface area contributed by atoms with Crippen LogP contribution in [0.15, 0.2) is 30.5 Å². The van der Waals surface area contributed by atoms with Crippen molar-refractivity contribution < 1.29 is 68.8 Å². The molecule has 2 aromatic rings. The van der Waals surface area contributed by atoms with Gasteiger partial charge in [0.25, 0.3) is 0 Å². The first-order chi connectivity index (χ1) is 33.8. The summed E-state index contributed by atoms with van der Waals surface area (Å²) in [4.78, 5) is 29.8. The Kier molecular flexibility index (Phi) is 21.2. The minimum absolute atomic E-state index is 0.0970. The number of hydroxylamine groups is 1. The van der Waals surface area contributed by atoms with Crippen LogP contribution in [0, 0.1) is 17.8 Å². The number of aromatic nitrogens is 3. The second-order valence-corrected chi connectivity index (χ2v) is 22.0. The smallest absolute Gasteiger partial charge is 0.311 e. The van der Waals surface area contributed by atoms with Gasteiger partial charge < -0.3 is 58.9 Å². The Balaban J connectivity index is 1.41. The molecule has 0 spiro atoms. The van der Waals surface area contributed by atoms with Crippen molar-refractivity contribution in [3.63, 3.8) is 0 Å². The number of aliphatic hydroxyl groups is 5. The zero-order valence-electron chi connectivity index (χ0n) is 45.0. The van der Waals surface area contributed by atoms with Gasteiger partial charge in [-0.3, -0.25) is 24.4 Å². The molecule has 4 heterocycles. The summed E-state index contributed by atoms with van der Waals surface area (Å²) in [6.45, 7) is 19.1. The van der Waals surface area contributed by atoms with Crippen LogP contribution in [0.2, 0.25) is 0 Å². The van der Waals surface area contributed by atoms with Gasteiger partial charge in [0.05, 0.1) is 47.7 Å². The molecule has 3 aliphatic rings. The maximum Gasteiger partial charge on any atom is 0.311 e. The van der Waals surface area contributed by atoms with Gasteiger partial charge in [0.15, 0.2) is 12.6 Å². The average molecular weight is 1020 g/mol. The number of hydrogen-bond acceptors (Lipinski definition) is 18. The number of rotatable bonds is 16. The van der Waals surface area contributed by atoms with E-state index in [-0.39, 0.29) is 37.7 Å². The van der Waals surface area contributed by atoms with Crippen molar-refractivity contribution in [3.05, 3.63) is 36.0 Å². The molecule has 0 radical (unpaired) electrons. The minimum atomic E-state index is -1.84. The SMILES string of the molecule is CC[C@H]1OC(=O)[C@@H](C)[C@H](O[C@H]2C[C@@](C)(OC)[C@@H](O)[C@H](C)O2)[C@H](C)[C@H](O[C@H]2O[C@@H](C)C[C@@H](N(C)Cc3ccc(-c4cn(CCCCCC(=O)NO)nn4)cc3)[C@@H]2O)[C@@](C)(O)C[C@H](C)CN(C)[C@@H](C)[C@H](O)[C@@]1(C)O. The fourth-order valence-corrected chi connectivity index (χ4v) is 11.2. The Morgan fingerprint density at radius 3 is 2.28 bits per heavy atom. The summed E-state index contributed by atoms with van der Waals surface area (Å²) < 4.78 is 40.1. The Labute approximate surface area is 426 Å². The van der Waals surface area contributed by atoms with E-state index in [0.717, 1.165) is 29.7 Å². The Morgan fingerprint density at radius 1 is 0.958 bits per heavy atom. The fourth-order valence-electron chi connectivity index (χ4n) is 11.2. The van der Waals surface area contributed by atoms with Gasteiger partial charge in [-0.25, -0.2) is 5.48 Å². The van der Waals surface area contributed by atoms with Crippen LogP contribution in [-0.4, -0.2) is 185 Å². The van der Waals surface area contributed by atoms with Crippen LogP contribution in [0.4, 0.5) is 0 Å². The third-order valence-corrected chi connectivity index (χ3v) is 15.7. The summed E-state index contributed by atoms with van der Waals surface area (Å²) in [6, 6.07) is 6.98. The average Bonchev–Trinajstić information content (AvgIpc) is 3.81. The molecule has 3 saturated heterocycles. The molecule has 0 unspecified atom stereocenters. The van der Waals surface area contributed by atoms with Crippen LogP contribution >= 0.6 is 0 Å². The van der Waals surface area contributed by atoms with Crippen molar-refractivity contribution in [3.8, 4) is 11.3 Å². The summed E-state index contributed by atoms with van der Waals surface area (Å²) in [5.41, 5.74) is -0.281. The Bertz CT molecular complexity index is 2010. The van der Waals surface area contributed by atoms with Gasteiger partial charge >= 0.3 is 5.97 Å². The lowest BCUT2D eigenvalue weighted by Gasteiger charge is -2.49. The largest absolute Gasteiger partial charge is 0.459 e. The molecule has 410 valence electrons. The number of carbonyl (C=O) groups is 2. The van der Waals surface area contributed by atoms with Crippen molar-refractivity contribution in [2.24, 2.45) is 17.8 Å². The first kappa shape index (κ1) is 59.7. The predicted octanol–water partition coefficient (Wildman–Crippen LogP) is 3.80. The van der Waals surface area contributed by atoms with Gasteiger partial charge in [-0.2, -0.15) is 0 Å². The second kappa shape index (κ2) is 25.5. The number of aryl methyl sites for hydroxylation is 1. The van der Waals surface area contributed by atoms with Crippen LogP contribution in [0.1, 0.15) is 126 Å². The highest BCUT2D eigenvalue weighted by Gasteiger charge is 2.53. The van der Waals surface area contributed by atoms with E-state index in [1.807, 2.05) is 70.2 Å². The van der Waals surface area contributed by atoms with Crippen LogP contribution in [0.25, 0.3) is 11.3 Å². The molecule has 3 aliphatic heterocycles. The summed E-state index contributed by atoms with van der Waals surface area (Å²) in [5, 5.41) is 77.1. The van der Waals surface area contributed by atoms with E-state index >= 15 is 0 Å².